The predicted molar refractivity (Wildman–Crippen MR) is 45.1 cm³/mol. The van der Waals surface area contributed by atoms with Crippen molar-refractivity contribution >= 4 is 0 Å². The maximum atomic E-state index is 9.34. The van der Waals surface area contributed by atoms with Crippen LogP contribution in [0.25, 0.3) is 0 Å². The first kappa shape index (κ1) is 8.87. The Hall–Kier alpha value is -1.22. The maximum absolute atomic E-state index is 9.34. The molecule has 0 spiro atoms. The van der Waals surface area contributed by atoms with Gasteiger partial charge in [-0.2, -0.15) is 0 Å². The van der Waals surface area contributed by atoms with Crippen molar-refractivity contribution in [3.63, 3.8) is 0 Å². The molecule has 0 bridgehead atoms. The van der Waals surface area contributed by atoms with Crippen molar-refractivity contribution in [1.82, 2.24) is 0 Å². The minimum Gasteiger partial charge on any atom is -0.504 e. The quantitative estimate of drug-likeness (QED) is 0.556. The Kier molecular flexibility index (Phi) is 2.24. The molecule has 0 heterocycles. The van der Waals surface area contributed by atoms with E-state index < -0.39 is 6.10 Å². The van der Waals surface area contributed by atoms with Gasteiger partial charge in [-0.25, -0.2) is 0 Å². The monoisotopic (exact) mass is 168 g/mol. The molecule has 3 heteroatoms. The Balaban J connectivity index is 3.27. The Labute approximate surface area is 70.9 Å². The summed E-state index contributed by atoms with van der Waals surface area (Å²) in [5.74, 6) is -0.390. The molecular formula is C9H12O3. The number of benzene rings is 1. The molecule has 0 saturated heterocycles. The van der Waals surface area contributed by atoms with Crippen molar-refractivity contribution in [2.75, 3.05) is 0 Å². The van der Waals surface area contributed by atoms with Crippen molar-refractivity contribution in [1.29, 1.82) is 0 Å². The molecule has 0 amide bonds. The van der Waals surface area contributed by atoms with Crippen LogP contribution in [-0.2, 0) is 0 Å². The first-order chi connectivity index (χ1) is 5.54. The molecule has 0 saturated carbocycles. The van der Waals surface area contributed by atoms with Gasteiger partial charge in [0.25, 0.3) is 0 Å². The molecular weight excluding hydrogens is 156 g/mol. The number of rotatable bonds is 1. The Morgan fingerprint density at radius 1 is 1.17 bits per heavy atom. The van der Waals surface area contributed by atoms with Crippen LogP contribution in [0.2, 0.25) is 0 Å². The van der Waals surface area contributed by atoms with Crippen molar-refractivity contribution < 1.29 is 15.3 Å². The van der Waals surface area contributed by atoms with Crippen LogP contribution >= 0.6 is 0 Å². The van der Waals surface area contributed by atoms with Gasteiger partial charge in [-0.05, 0) is 19.4 Å². The van der Waals surface area contributed by atoms with Crippen LogP contribution in [0.15, 0.2) is 12.1 Å². The lowest BCUT2D eigenvalue weighted by molar-refractivity contribution is 0.194. The number of phenolic OH excluding ortho intramolecular Hbond substituents is 2. The topological polar surface area (TPSA) is 60.7 Å². The van der Waals surface area contributed by atoms with E-state index in [1.165, 1.54) is 6.92 Å². The Bertz CT molecular complexity index is 292. The normalized spacial score (nSPS) is 12.9. The summed E-state index contributed by atoms with van der Waals surface area (Å²) in [7, 11) is 0. The number of phenols is 2. The predicted octanol–water partition coefficient (Wildman–Crippen LogP) is 1.46. The van der Waals surface area contributed by atoms with Crippen LogP contribution in [-0.4, -0.2) is 15.3 Å². The van der Waals surface area contributed by atoms with Crippen molar-refractivity contribution in [3.05, 3.63) is 23.3 Å². The number of aliphatic hydroxyl groups excluding tert-OH is 1. The summed E-state index contributed by atoms with van der Waals surface area (Å²) < 4.78 is 0. The zero-order valence-corrected chi connectivity index (χ0v) is 7.07. The molecule has 12 heavy (non-hydrogen) atoms. The lowest BCUT2D eigenvalue weighted by Crippen LogP contribution is -1.92. The lowest BCUT2D eigenvalue weighted by atomic mass is 10.1. The molecule has 0 radical (unpaired) electrons. The number of aliphatic hydroxyl groups is 1. The van der Waals surface area contributed by atoms with E-state index in [-0.39, 0.29) is 11.5 Å². The maximum Gasteiger partial charge on any atom is 0.163 e. The van der Waals surface area contributed by atoms with Crippen LogP contribution < -0.4 is 0 Å². The van der Waals surface area contributed by atoms with Gasteiger partial charge in [-0.1, -0.05) is 12.1 Å². The van der Waals surface area contributed by atoms with Gasteiger partial charge in [0, 0.05) is 5.56 Å². The highest BCUT2D eigenvalue weighted by Gasteiger charge is 2.12. The number of aryl methyl sites for hydroxylation is 1. The zero-order chi connectivity index (χ0) is 9.30. The summed E-state index contributed by atoms with van der Waals surface area (Å²) >= 11 is 0. The first-order valence-electron chi connectivity index (χ1n) is 3.73. The van der Waals surface area contributed by atoms with Crippen LogP contribution in [0.3, 0.4) is 0 Å². The Morgan fingerprint density at radius 3 is 2.25 bits per heavy atom. The smallest absolute Gasteiger partial charge is 0.163 e. The number of hydrogen-bond acceptors (Lipinski definition) is 3. The molecule has 66 valence electrons. The summed E-state index contributed by atoms with van der Waals surface area (Å²) in [6.07, 6.45) is -0.767. The van der Waals surface area contributed by atoms with Gasteiger partial charge in [0.05, 0.1) is 6.10 Å². The molecule has 3 nitrogen and oxygen atoms in total. The second-order valence-electron chi connectivity index (χ2n) is 2.84. The molecule has 1 aromatic rings. The third kappa shape index (κ3) is 1.36. The van der Waals surface area contributed by atoms with Crippen LogP contribution in [0.5, 0.6) is 11.5 Å². The average molecular weight is 168 g/mol. The van der Waals surface area contributed by atoms with E-state index in [0.29, 0.717) is 11.1 Å². The number of aromatic hydroxyl groups is 2. The highest BCUT2D eigenvalue weighted by atomic mass is 16.3. The van der Waals surface area contributed by atoms with Crippen LogP contribution in [0, 0.1) is 6.92 Å². The highest BCUT2D eigenvalue weighted by molar-refractivity contribution is 5.50. The molecule has 1 unspecified atom stereocenters. The zero-order valence-electron chi connectivity index (χ0n) is 7.07. The Morgan fingerprint density at radius 2 is 1.75 bits per heavy atom. The summed E-state index contributed by atoms with van der Waals surface area (Å²) in [6.45, 7) is 3.21. The summed E-state index contributed by atoms with van der Waals surface area (Å²) in [5, 5.41) is 27.8. The van der Waals surface area contributed by atoms with E-state index in [0.717, 1.165) is 0 Å². The fraction of sp³-hybridized carbons (Fsp3) is 0.333. The molecule has 0 aliphatic rings. The third-order valence-electron chi connectivity index (χ3n) is 1.83. The summed E-state index contributed by atoms with van der Waals surface area (Å²) in [5.41, 5.74) is 0.940. The van der Waals surface area contributed by atoms with E-state index in [2.05, 4.69) is 0 Å². The SMILES string of the molecule is Cc1ccc(C(C)O)c(O)c1O. The van der Waals surface area contributed by atoms with Gasteiger partial charge in [-0.3, -0.25) is 0 Å². The second-order valence-corrected chi connectivity index (χ2v) is 2.84. The van der Waals surface area contributed by atoms with Gasteiger partial charge >= 0.3 is 0 Å². The summed E-state index contributed by atoms with van der Waals surface area (Å²) in [4.78, 5) is 0. The lowest BCUT2D eigenvalue weighted by Gasteiger charge is -2.09. The van der Waals surface area contributed by atoms with E-state index in [9.17, 15) is 10.2 Å². The van der Waals surface area contributed by atoms with Crippen LogP contribution in [0.4, 0.5) is 0 Å². The van der Waals surface area contributed by atoms with E-state index >= 15 is 0 Å². The largest absolute Gasteiger partial charge is 0.504 e. The fourth-order valence-corrected chi connectivity index (χ4v) is 1.03. The fourth-order valence-electron chi connectivity index (χ4n) is 1.03. The molecule has 1 rings (SSSR count). The molecule has 1 atom stereocenters. The molecule has 0 aliphatic heterocycles. The molecule has 0 fully saturated rings. The van der Waals surface area contributed by atoms with Gasteiger partial charge in [-0.15, -0.1) is 0 Å². The van der Waals surface area contributed by atoms with Crippen LogP contribution in [0.1, 0.15) is 24.2 Å². The van der Waals surface area contributed by atoms with E-state index in [1.807, 2.05) is 0 Å². The standard InChI is InChI=1S/C9H12O3/c1-5-3-4-7(6(2)10)9(12)8(5)11/h3-4,6,10-12H,1-2H3. The van der Waals surface area contributed by atoms with Gasteiger partial charge < -0.3 is 15.3 Å². The molecule has 0 aromatic heterocycles. The third-order valence-corrected chi connectivity index (χ3v) is 1.83. The first-order valence-corrected chi connectivity index (χ1v) is 3.73. The average Bonchev–Trinajstić information content (AvgIpc) is 2.00. The molecule has 1 aromatic carbocycles. The highest BCUT2D eigenvalue weighted by Crippen LogP contribution is 2.35. The molecule has 3 N–H and O–H groups in total. The van der Waals surface area contributed by atoms with Crippen molar-refractivity contribution in [3.8, 4) is 11.5 Å². The van der Waals surface area contributed by atoms with Crippen molar-refractivity contribution in [2.24, 2.45) is 0 Å². The number of hydrogen-bond donors (Lipinski definition) is 3. The van der Waals surface area contributed by atoms with Gasteiger partial charge in [0.1, 0.15) is 0 Å². The van der Waals surface area contributed by atoms with Crippen molar-refractivity contribution in [2.45, 2.75) is 20.0 Å². The van der Waals surface area contributed by atoms with E-state index in [1.54, 1.807) is 19.1 Å². The minimum atomic E-state index is -0.767. The van der Waals surface area contributed by atoms with Gasteiger partial charge in [0.2, 0.25) is 0 Å². The molecule has 0 aliphatic carbocycles. The van der Waals surface area contributed by atoms with E-state index in [4.69, 9.17) is 5.11 Å². The second kappa shape index (κ2) is 3.03. The minimum absolute atomic E-state index is 0.159. The summed E-state index contributed by atoms with van der Waals surface area (Å²) in [6, 6.07) is 3.24. The van der Waals surface area contributed by atoms with Gasteiger partial charge in [0.15, 0.2) is 11.5 Å².